The van der Waals surface area contributed by atoms with Crippen molar-refractivity contribution in [2.24, 2.45) is 0 Å². The summed E-state index contributed by atoms with van der Waals surface area (Å²) < 4.78 is 0. The minimum absolute atomic E-state index is 0.152. The molecule has 3 rings (SSSR count). The Labute approximate surface area is 172 Å². The highest BCUT2D eigenvalue weighted by Crippen LogP contribution is 2.22. The van der Waals surface area contributed by atoms with Gasteiger partial charge < -0.3 is 16.0 Å². The maximum atomic E-state index is 12.4. The summed E-state index contributed by atoms with van der Waals surface area (Å²) in [5.41, 5.74) is 2.22. The van der Waals surface area contributed by atoms with Gasteiger partial charge >= 0.3 is 6.03 Å². The van der Waals surface area contributed by atoms with E-state index in [1.807, 2.05) is 30.3 Å². The molecule has 0 unspecified atom stereocenters. The lowest BCUT2D eigenvalue weighted by molar-refractivity contribution is -0.114. The van der Waals surface area contributed by atoms with E-state index in [1.54, 1.807) is 36.4 Å². The van der Waals surface area contributed by atoms with Gasteiger partial charge in [-0.1, -0.05) is 30.3 Å². The molecule has 0 aliphatic carbocycles. The quantitative estimate of drug-likeness (QED) is 0.490. The molecule has 29 heavy (non-hydrogen) atoms. The summed E-state index contributed by atoms with van der Waals surface area (Å²) in [6, 6.07) is 19.3. The molecule has 4 amide bonds. The van der Waals surface area contributed by atoms with Crippen LogP contribution in [0.25, 0.3) is 0 Å². The van der Waals surface area contributed by atoms with Crippen molar-refractivity contribution < 1.29 is 14.4 Å². The Kier molecular flexibility index (Phi) is 6.59. The van der Waals surface area contributed by atoms with Crippen LogP contribution in [-0.2, 0) is 11.3 Å². The van der Waals surface area contributed by atoms with Gasteiger partial charge in [0.25, 0.3) is 5.91 Å². The second-order valence-corrected chi connectivity index (χ2v) is 7.26. The molecular formula is C21H20N4O3S. The van der Waals surface area contributed by atoms with E-state index in [-0.39, 0.29) is 17.8 Å². The average molecular weight is 408 g/mol. The van der Waals surface area contributed by atoms with Crippen molar-refractivity contribution in [3.63, 3.8) is 0 Å². The lowest BCUT2D eigenvalue weighted by atomic mass is 10.2. The third-order valence-electron chi connectivity index (χ3n) is 3.80. The first-order chi connectivity index (χ1) is 14.0. The molecule has 148 valence electrons. The smallest absolute Gasteiger partial charge is 0.324 e. The van der Waals surface area contributed by atoms with E-state index in [0.717, 1.165) is 5.56 Å². The normalized spacial score (nSPS) is 10.1. The van der Waals surface area contributed by atoms with Crippen LogP contribution < -0.4 is 21.3 Å². The fourth-order valence-corrected chi connectivity index (χ4v) is 3.37. The van der Waals surface area contributed by atoms with Gasteiger partial charge in [0.15, 0.2) is 0 Å². The van der Waals surface area contributed by atoms with Crippen molar-refractivity contribution in [1.29, 1.82) is 0 Å². The van der Waals surface area contributed by atoms with Crippen LogP contribution >= 0.6 is 11.3 Å². The van der Waals surface area contributed by atoms with E-state index in [0.29, 0.717) is 27.8 Å². The van der Waals surface area contributed by atoms with E-state index in [9.17, 15) is 14.4 Å². The first-order valence-corrected chi connectivity index (χ1v) is 9.69. The third kappa shape index (κ3) is 6.18. The lowest BCUT2D eigenvalue weighted by Gasteiger charge is -2.07. The number of benzene rings is 2. The molecule has 0 atom stereocenters. The van der Waals surface area contributed by atoms with Crippen LogP contribution in [0.1, 0.15) is 22.2 Å². The molecule has 1 heterocycles. The van der Waals surface area contributed by atoms with Crippen molar-refractivity contribution in [3.8, 4) is 0 Å². The van der Waals surface area contributed by atoms with Crippen LogP contribution in [0.5, 0.6) is 0 Å². The Morgan fingerprint density at radius 1 is 0.828 bits per heavy atom. The number of carbonyl (C=O) groups excluding carboxylic acids is 3. The summed E-state index contributed by atoms with van der Waals surface area (Å²) in [6.45, 7) is 1.76. The monoisotopic (exact) mass is 408 g/mol. The number of para-hydroxylation sites is 1. The standard InChI is InChI=1S/C21H20N4O3S/c1-14(26)23-17-9-5-6-15(12-17)13-22-20(27)18-10-11-19(29-18)25-21(28)24-16-7-3-2-4-8-16/h2-12H,13H2,1H3,(H,22,27)(H,23,26)(H2,24,25,28). The molecule has 0 aliphatic heterocycles. The number of carbonyl (C=O) groups is 3. The largest absolute Gasteiger partial charge is 0.347 e. The van der Waals surface area contributed by atoms with Crippen LogP contribution in [0.4, 0.5) is 21.2 Å². The molecule has 3 aromatic rings. The molecule has 0 fully saturated rings. The van der Waals surface area contributed by atoms with Crippen LogP contribution in [0.2, 0.25) is 0 Å². The highest BCUT2D eigenvalue weighted by molar-refractivity contribution is 7.18. The fraction of sp³-hybridized carbons (Fsp3) is 0.0952. The van der Waals surface area contributed by atoms with Crippen LogP contribution in [0, 0.1) is 0 Å². The van der Waals surface area contributed by atoms with E-state index in [1.165, 1.54) is 18.3 Å². The molecule has 0 radical (unpaired) electrons. The number of amides is 4. The molecule has 0 saturated carbocycles. The van der Waals surface area contributed by atoms with E-state index in [4.69, 9.17) is 0 Å². The van der Waals surface area contributed by atoms with Gasteiger partial charge in [0, 0.05) is 24.8 Å². The lowest BCUT2D eigenvalue weighted by Crippen LogP contribution is -2.22. The number of thiophene rings is 1. The molecule has 8 heteroatoms. The van der Waals surface area contributed by atoms with Crippen molar-refractivity contribution in [2.45, 2.75) is 13.5 Å². The highest BCUT2D eigenvalue weighted by atomic mass is 32.1. The molecule has 0 spiro atoms. The molecule has 7 nitrogen and oxygen atoms in total. The van der Waals surface area contributed by atoms with Crippen molar-refractivity contribution in [3.05, 3.63) is 77.2 Å². The number of rotatable bonds is 6. The molecule has 4 N–H and O–H groups in total. The van der Waals surface area contributed by atoms with Gasteiger partial charge in [-0.3, -0.25) is 14.9 Å². The van der Waals surface area contributed by atoms with Gasteiger partial charge in [-0.15, -0.1) is 11.3 Å². The molecule has 0 aliphatic rings. The summed E-state index contributed by atoms with van der Waals surface area (Å²) in [6.07, 6.45) is 0. The first-order valence-electron chi connectivity index (χ1n) is 8.87. The SMILES string of the molecule is CC(=O)Nc1cccc(CNC(=O)c2ccc(NC(=O)Nc3ccccc3)s2)c1. The fourth-order valence-electron chi connectivity index (χ4n) is 2.55. The van der Waals surface area contributed by atoms with Crippen molar-refractivity contribution >= 4 is 45.6 Å². The molecule has 1 aromatic heterocycles. The van der Waals surface area contributed by atoms with Gasteiger partial charge in [0.05, 0.1) is 9.88 Å². The Bertz CT molecular complexity index is 1020. The minimum Gasteiger partial charge on any atom is -0.347 e. The molecular weight excluding hydrogens is 388 g/mol. The zero-order valence-corrected chi connectivity index (χ0v) is 16.5. The van der Waals surface area contributed by atoms with E-state index >= 15 is 0 Å². The third-order valence-corrected chi connectivity index (χ3v) is 4.80. The summed E-state index contributed by atoms with van der Waals surface area (Å²) in [7, 11) is 0. The molecule has 0 bridgehead atoms. The zero-order chi connectivity index (χ0) is 20.6. The highest BCUT2D eigenvalue weighted by Gasteiger charge is 2.11. The van der Waals surface area contributed by atoms with Crippen LogP contribution in [-0.4, -0.2) is 17.8 Å². The van der Waals surface area contributed by atoms with E-state index in [2.05, 4.69) is 21.3 Å². The topological polar surface area (TPSA) is 99.3 Å². The maximum Gasteiger partial charge on any atom is 0.324 e. The second-order valence-electron chi connectivity index (χ2n) is 6.17. The average Bonchev–Trinajstić information content (AvgIpc) is 3.15. The number of hydrogen-bond acceptors (Lipinski definition) is 4. The van der Waals surface area contributed by atoms with E-state index < -0.39 is 0 Å². The van der Waals surface area contributed by atoms with Gasteiger partial charge in [0.1, 0.15) is 0 Å². The maximum absolute atomic E-state index is 12.4. The number of urea groups is 1. The van der Waals surface area contributed by atoms with Crippen LogP contribution in [0.3, 0.4) is 0 Å². The first kappa shape index (κ1) is 20.1. The molecule has 0 saturated heterocycles. The summed E-state index contributed by atoms with van der Waals surface area (Å²) in [4.78, 5) is 36.0. The second kappa shape index (κ2) is 9.52. The Hall–Kier alpha value is -3.65. The van der Waals surface area contributed by atoms with Gasteiger partial charge in [-0.05, 0) is 42.0 Å². The van der Waals surface area contributed by atoms with Gasteiger partial charge in [0.2, 0.25) is 5.91 Å². The summed E-state index contributed by atoms with van der Waals surface area (Å²) in [5, 5.41) is 11.5. The Morgan fingerprint density at radius 2 is 1.59 bits per heavy atom. The predicted molar refractivity (Wildman–Crippen MR) is 115 cm³/mol. The minimum atomic E-state index is -0.375. The predicted octanol–water partition coefficient (Wildman–Crippen LogP) is 4.28. The van der Waals surface area contributed by atoms with Gasteiger partial charge in [-0.2, -0.15) is 0 Å². The number of nitrogens with one attached hydrogen (secondary N) is 4. The number of hydrogen-bond donors (Lipinski definition) is 4. The summed E-state index contributed by atoms with van der Waals surface area (Å²) in [5.74, 6) is -0.391. The Balaban J connectivity index is 1.53. The Morgan fingerprint density at radius 3 is 2.34 bits per heavy atom. The zero-order valence-electron chi connectivity index (χ0n) is 15.7. The number of anilines is 3. The van der Waals surface area contributed by atoms with Gasteiger partial charge in [-0.25, -0.2) is 4.79 Å². The van der Waals surface area contributed by atoms with Crippen molar-refractivity contribution in [1.82, 2.24) is 5.32 Å². The van der Waals surface area contributed by atoms with Crippen molar-refractivity contribution in [2.75, 3.05) is 16.0 Å². The summed E-state index contributed by atoms with van der Waals surface area (Å²) >= 11 is 1.19. The molecule has 2 aromatic carbocycles. The van der Waals surface area contributed by atoms with Crippen LogP contribution in [0.15, 0.2) is 66.7 Å².